The van der Waals surface area contributed by atoms with E-state index in [-0.39, 0.29) is 19.0 Å². The molecule has 0 radical (unpaired) electrons. The van der Waals surface area contributed by atoms with Crippen molar-refractivity contribution >= 4 is 41.0 Å². The number of hydrogen-bond donors (Lipinski definition) is 4. The molecular weight excluding hydrogens is 416 g/mol. The van der Waals surface area contributed by atoms with Crippen LogP contribution in [-0.4, -0.2) is 53.6 Å². The Morgan fingerprint density at radius 2 is 2.03 bits per heavy atom. The smallest absolute Gasteiger partial charge is 0.250 e. The Bertz CT molecular complexity index is 914. The standard InChI is InChI=1S/C20H29ClN8O.CH4/c1-11(2)10-29(4)20-27-18(24-13-5-6-23-9-13)26-19(28-20)25-16-8-14(17(22)30)15(21)7-12(16)3;/h7-8,11,13,23H,5-6,9-10H2,1-4H3,(H2,22,30)(H2,24,25,26,27,28);1H4/t13-;/m1./s1. The number of carbonyl (C=O) groups excluding carboxylic acids is 1. The molecular formula is C21H33ClN8O. The summed E-state index contributed by atoms with van der Waals surface area (Å²) in [5, 5.41) is 10.2. The van der Waals surface area contributed by atoms with Crippen LogP contribution >= 0.6 is 11.6 Å². The summed E-state index contributed by atoms with van der Waals surface area (Å²) in [6.07, 6.45) is 1.00. The first-order valence-electron chi connectivity index (χ1n) is 10.0. The Labute approximate surface area is 189 Å². The minimum absolute atomic E-state index is 0. The maximum Gasteiger partial charge on any atom is 0.250 e. The highest BCUT2D eigenvalue weighted by Crippen LogP contribution is 2.27. The number of aryl methyl sites for hydroxylation is 1. The van der Waals surface area contributed by atoms with Gasteiger partial charge in [0.15, 0.2) is 0 Å². The maximum absolute atomic E-state index is 11.7. The minimum atomic E-state index is -0.591. The third-order valence-electron chi connectivity index (χ3n) is 4.82. The molecule has 2 aromatic rings. The Morgan fingerprint density at radius 1 is 1.32 bits per heavy atom. The largest absolute Gasteiger partial charge is 0.366 e. The topological polar surface area (TPSA) is 121 Å². The van der Waals surface area contributed by atoms with E-state index in [1.807, 2.05) is 18.9 Å². The van der Waals surface area contributed by atoms with Crippen molar-refractivity contribution in [2.75, 3.05) is 42.2 Å². The van der Waals surface area contributed by atoms with Crippen molar-refractivity contribution in [3.8, 4) is 0 Å². The number of hydrogen-bond acceptors (Lipinski definition) is 8. The summed E-state index contributed by atoms with van der Waals surface area (Å²) in [5.74, 6) is 1.32. The first-order valence-corrected chi connectivity index (χ1v) is 10.4. The number of nitrogens with one attached hydrogen (secondary N) is 3. The van der Waals surface area contributed by atoms with Gasteiger partial charge in [0.05, 0.1) is 10.6 Å². The van der Waals surface area contributed by atoms with E-state index in [1.165, 1.54) is 0 Å². The molecule has 5 N–H and O–H groups in total. The molecule has 0 bridgehead atoms. The lowest BCUT2D eigenvalue weighted by Crippen LogP contribution is -2.27. The average molecular weight is 449 g/mol. The lowest BCUT2D eigenvalue weighted by Gasteiger charge is -2.21. The van der Waals surface area contributed by atoms with Gasteiger partial charge in [0, 0.05) is 31.9 Å². The van der Waals surface area contributed by atoms with Crippen LogP contribution in [0.2, 0.25) is 5.02 Å². The number of benzene rings is 1. The van der Waals surface area contributed by atoms with E-state index in [0.717, 1.165) is 31.6 Å². The fourth-order valence-electron chi connectivity index (χ4n) is 3.36. The number of rotatable bonds is 8. The number of nitrogens with zero attached hydrogens (tertiary/aromatic N) is 4. The zero-order valence-electron chi connectivity index (χ0n) is 17.8. The predicted molar refractivity (Wildman–Crippen MR) is 128 cm³/mol. The summed E-state index contributed by atoms with van der Waals surface area (Å²) in [6, 6.07) is 3.58. The SMILES string of the molecule is C.Cc1cc(Cl)c(C(N)=O)cc1Nc1nc(N[C@@H]2CCNC2)nc(N(C)CC(C)C)n1. The van der Waals surface area contributed by atoms with Gasteiger partial charge in [-0.05, 0) is 43.5 Å². The van der Waals surface area contributed by atoms with Crippen molar-refractivity contribution < 1.29 is 4.79 Å². The van der Waals surface area contributed by atoms with Crippen molar-refractivity contribution in [1.29, 1.82) is 0 Å². The van der Waals surface area contributed by atoms with Crippen LogP contribution in [0.1, 0.15) is 43.6 Å². The second kappa shape index (κ2) is 10.6. The maximum atomic E-state index is 11.7. The molecule has 0 spiro atoms. The van der Waals surface area contributed by atoms with Crippen LogP contribution in [0, 0.1) is 12.8 Å². The van der Waals surface area contributed by atoms with E-state index >= 15 is 0 Å². The number of primary amides is 1. The molecule has 9 nitrogen and oxygen atoms in total. The molecule has 2 heterocycles. The third-order valence-corrected chi connectivity index (χ3v) is 5.14. The van der Waals surface area contributed by atoms with E-state index < -0.39 is 5.91 Å². The monoisotopic (exact) mass is 448 g/mol. The van der Waals surface area contributed by atoms with Gasteiger partial charge in [0.25, 0.3) is 0 Å². The molecule has 1 aromatic carbocycles. The Morgan fingerprint density at radius 3 is 2.65 bits per heavy atom. The molecule has 1 amide bonds. The van der Waals surface area contributed by atoms with Crippen LogP contribution in [0.25, 0.3) is 0 Å². The Hall–Kier alpha value is -2.65. The Balaban J connectivity index is 0.00000341. The van der Waals surface area contributed by atoms with Gasteiger partial charge in [-0.1, -0.05) is 32.9 Å². The highest BCUT2D eigenvalue weighted by atomic mass is 35.5. The summed E-state index contributed by atoms with van der Waals surface area (Å²) < 4.78 is 0. The fourth-order valence-corrected chi connectivity index (χ4v) is 3.67. The van der Waals surface area contributed by atoms with Gasteiger partial charge in [-0.3, -0.25) is 4.79 Å². The zero-order valence-corrected chi connectivity index (χ0v) is 18.5. The normalized spacial score (nSPS) is 15.5. The number of nitrogens with two attached hydrogens (primary N) is 1. The van der Waals surface area contributed by atoms with Crippen molar-refractivity contribution in [3.05, 3.63) is 28.3 Å². The van der Waals surface area contributed by atoms with Crippen LogP contribution < -0.4 is 26.6 Å². The molecule has 1 atom stereocenters. The predicted octanol–water partition coefficient (Wildman–Crippen LogP) is 3.18. The minimum Gasteiger partial charge on any atom is -0.366 e. The van der Waals surface area contributed by atoms with Crippen LogP contribution in [0.5, 0.6) is 0 Å². The van der Waals surface area contributed by atoms with Crippen molar-refractivity contribution in [2.45, 2.75) is 40.7 Å². The fraction of sp³-hybridized carbons (Fsp3) is 0.524. The summed E-state index contributed by atoms with van der Waals surface area (Å²) in [6.45, 7) is 8.80. The summed E-state index contributed by atoms with van der Waals surface area (Å²) in [4.78, 5) is 27.4. The average Bonchev–Trinajstić information content (AvgIpc) is 3.16. The van der Waals surface area contributed by atoms with Crippen LogP contribution in [0.15, 0.2) is 12.1 Å². The summed E-state index contributed by atoms with van der Waals surface area (Å²) >= 11 is 6.14. The van der Waals surface area contributed by atoms with Gasteiger partial charge < -0.3 is 26.6 Å². The van der Waals surface area contributed by atoms with E-state index in [9.17, 15) is 4.79 Å². The molecule has 0 aliphatic carbocycles. The van der Waals surface area contributed by atoms with Crippen LogP contribution in [-0.2, 0) is 0 Å². The van der Waals surface area contributed by atoms with Crippen molar-refractivity contribution in [1.82, 2.24) is 20.3 Å². The van der Waals surface area contributed by atoms with Gasteiger partial charge >= 0.3 is 0 Å². The summed E-state index contributed by atoms with van der Waals surface area (Å²) in [5.41, 5.74) is 7.18. The molecule has 1 aliphatic heterocycles. The number of amides is 1. The lowest BCUT2D eigenvalue weighted by molar-refractivity contribution is 0.100. The van der Waals surface area contributed by atoms with E-state index in [1.54, 1.807) is 12.1 Å². The third kappa shape index (κ3) is 6.41. The highest BCUT2D eigenvalue weighted by Gasteiger charge is 2.18. The van der Waals surface area contributed by atoms with Gasteiger partial charge in [0.2, 0.25) is 23.8 Å². The highest BCUT2D eigenvalue weighted by molar-refractivity contribution is 6.34. The van der Waals surface area contributed by atoms with Gasteiger partial charge in [-0.25, -0.2) is 0 Å². The van der Waals surface area contributed by atoms with Crippen LogP contribution in [0.3, 0.4) is 0 Å². The molecule has 170 valence electrons. The second-order valence-electron chi connectivity index (χ2n) is 8.03. The number of aromatic nitrogens is 3. The quantitative estimate of drug-likeness (QED) is 0.485. The van der Waals surface area contributed by atoms with Gasteiger partial charge in [-0.2, -0.15) is 15.0 Å². The molecule has 0 unspecified atom stereocenters. The number of anilines is 4. The lowest BCUT2D eigenvalue weighted by atomic mass is 10.1. The summed E-state index contributed by atoms with van der Waals surface area (Å²) in [7, 11) is 1.96. The zero-order chi connectivity index (χ0) is 21.8. The van der Waals surface area contributed by atoms with Crippen molar-refractivity contribution in [3.63, 3.8) is 0 Å². The molecule has 1 saturated heterocycles. The molecule has 1 aliphatic rings. The first kappa shape index (κ1) is 24.6. The second-order valence-corrected chi connectivity index (χ2v) is 8.43. The molecule has 31 heavy (non-hydrogen) atoms. The molecule has 0 saturated carbocycles. The van der Waals surface area contributed by atoms with Crippen LogP contribution in [0.4, 0.5) is 23.5 Å². The van der Waals surface area contributed by atoms with Gasteiger partial charge in [-0.15, -0.1) is 0 Å². The molecule has 1 fully saturated rings. The molecule has 10 heteroatoms. The Kier molecular flexibility index (Phi) is 8.41. The molecule has 3 rings (SSSR count). The van der Waals surface area contributed by atoms with E-state index in [4.69, 9.17) is 17.3 Å². The molecule has 1 aromatic heterocycles. The number of halogens is 1. The number of carbonyl (C=O) groups is 1. The first-order chi connectivity index (χ1) is 14.2. The van der Waals surface area contributed by atoms with Crippen molar-refractivity contribution in [2.24, 2.45) is 11.7 Å². The van der Waals surface area contributed by atoms with E-state index in [0.29, 0.717) is 34.5 Å². The van der Waals surface area contributed by atoms with E-state index in [2.05, 4.69) is 44.7 Å². The van der Waals surface area contributed by atoms with Gasteiger partial charge in [0.1, 0.15) is 0 Å².